The molecule has 0 saturated carbocycles. The molecule has 5 heteroatoms. The summed E-state index contributed by atoms with van der Waals surface area (Å²) in [6.07, 6.45) is 3.77. The van der Waals surface area contributed by atoms with Crippen molar-refractivity contribution >= 4 is 22.8 Å². The van der Waals surface area contributed by atoms with Gasteiger partial charge in [0, 0.05) is 36.8 Å². The van der Waals surface area contributed by atoms with Crippen LogP contribution in [0.4, 0.5) is 11.5 Å². The molecule has 0 unspecified atom stereocenters. The first-order valence-corrected chi connectivity index (χ1v) is 7.51. The molecule has 108 valence electrons. The molecule has 0 atom stereocenters. The lowest BCUT2D eigenvalue weighted by Gasteiger charge is -2.16. The van der Waals surface area contributed by atoms with Crippen molar-refractivity contribution in [3.8, 4) is 0 Å². The number of anilines is 2. The molecule has 0 aliphatic rings. The molecule has 0 amide bonds. The van der Waals surface area contributed by atoms with Gasteiger partial charge in [-0.2, -0.15) is 0 Å². The quantitative estimate of drug-likeness (QED) is 0.935. The lowest BCUT2D eigenvalue weighted by Crippen LogP contribution is -2.13. The standard InChI is InChI=1S/C15H22N4S/c1-15(2,3)14-18-10-11(20-14)9-17-12-7-6-8-16-13(12)19(4)5/h6-8,10,17H,9H2,1-5H3. The van der Waals surface area contributed by atoms with Crippen LogP contribution in [0.1, 0.15) is 30.7 Å². The van der Waals surface area contributed by atoms with Gasteiger partial charge in [0.05, 0.1) is 17.2 Å². The van der Waals surface area contributed by atoms with E-state index < -0.39 is 0 Å². The predicted molar refractivity (Wildman–Crippen MR) is 86.7 cm³/mol. The molecule has 0 fully saturated rings. The topological polar surface area (TPSA) is 41.1 Å². The monoisotopic (exact) mass is 290 g/mol. The van der Waals surface area contributed by atoms with Crippen molar-refractivity contribution < 1.29 is 0 Å². The molecule has 20 heavy (non-hydrogen) atoms. The van der Waals surface area contributed by atoms with Crippen molar-refractivity contribution in [2.75, 3.05) is 24.3 Å². The van der Waals surface area contributed by atoms with Gasteiger partial charge in [-0.3, -0.25) is 0 Å². The maximum atomic E-state index is 4.51. The Morgan fingerprint density at radius 2 is 2.00 bits per heavy atom. The fraction of sp³-hybridized carbons (Fsp3) is 0.467. The number of hydrogen-bond donors (Lipinski definition) is 1. The Hall–Kier alpha value is -1.62. The van der Waals surface area contributed by atoms with Crippen molar-refractivity contribution in [1.82, 2.24) is 9.97 Å². The third kappa shape index (κ3) is 3.48. The van der Waals surface area contributed by atoms with Crippen LogP contribution in [-0.4, -0.2) is 24.1 Å². The van der Waals surface area contributed by atoms with Gasteiger partial charge in [0.1, 0.15) is 0 Å². The van der Waals surface area contributed by atoms with E-state index >= 15 is 0 Å². The third-order valence-electron chi connectivity index (χ3n) is 2.86. The molecule has 0 aliphatic heterocycles. The minimum Gasteiger partial charge on any atom is -0.377 e. The summed E-state index contributed by atoms with van der Waals surface area (Å²) < 4.78 is 0. The number of nitrogens with zero attached hydrogens (tertiary/aromatic N) is 3. The summed E-state index contributed by atoms with van der Waals surface area (Å²) in [5, 5.41) is 4.62. The van der Waals surface area contributed by atoms with Gasteiger partial charge in [0.2, 0.25) is 0 Å². The van der Waals surface area contributed by atoms with Gasteiger partial charge < -0.3 is 10.2 Å². The maximum absolute atomic E-state index is 4.51. The highest BCUT2D eigenvalue weighted by Gasteiger charge is 2.18. The van der Waals surface area contributed by atoms with Crippen LogP contribution in [0.25, 0.3) is 0 Å². The summed E-state index contributed by atoms with van der Waals surface area (Å²) in [5.41, 5.74) is 1.16. The molecular formula is C15H22N4S. The van der Waals surface area contributed by atoms with E-state index in [4.69, 9.17) is 0 Å². The zero-order chi connectivity index (χ0) is 14.8. The molecule has 2 rings (SSSR count). The second-order valence-electron chi connectivity index (χ2n) is 6.00. The first kappa shape index (κ1) is 14.8. The second kappa shape index (κ2) is 5.79. The van der Waals surface area contributed by atoms with Crippen LogP contribution >= 0.6 is 11.3 Å². The summed E-state index contributed by atoms with van der Waals surface area (Å²) >= 11 is 1.77. The number of pyridine rings is 1. The zero-order valence-electron chi connectivity index (χ0n) is 12.8. The van der Waals surface area contributed by atoms with E-state index in [9.17, 15) is 0 Å². The Bertz CT molecular complexity index is 569. The Morgan fingerprint density at radius 1 is 1.25 bits per heavy atom. The number of hydrogen-bond acceptors (Lipinski definition) is 5. The largest absolute Gasteiger partial charge is 0.377 e. The van der Waals surface area contributed by atoms with Gasteiger partial charge in [-0.25, -0.2) is 9.97 Å². The SMILES string of the molecule is CN(C)c1ncccc1NCc1cnc(C(C)(C)C)s1. The zero-order valence-corrected chi connectivity index (χ0v) is 13.6. The lowest BCUT2D eigenvalue weighted by molar-refractivity contribution is 0.585. The van der Waals surface area contributed by atoms with Crippen molar-refractivity contribution in [3.05, 3.63) is 34.4 Å². The first-order chi connectivity index (χ1) is 9.38. The summed E-state index contributed by atoms with van der Waals surface area (Å²) in [7, 11) is 4.00. The smallest absolute Gasteiger partial charge is 0.151 e. The highest BCUT2D eigenvalue weighted by Crippen LogP contribution is 2.28. The van der Waals surface area contributed by atoms with Crippen molar-refractivity contribution in [3.63, 3.8) is 0 Å². The van der Waals surface area contributed by atoms with E-state index in [-0.39, 0.29) is 5.41 Å². The van der Waals surface area contributed by atoms with E-state index in [2.05, 4.69) is 36.1 Å². The lowest BCUT2D eigenvalue weighted by atomic mass is 9.98. The number of nitrogens with one attached hydrogen (secondary N) is 1. The van der Waals surface area contributed by atoms with Gasteiger partial charge in [-0.1, -0.05) is 20.8 Å². The normalized spacial score (nSPS) is 11.4. The van der Waals surface area contributed by atoms with Crippen LogP contribution in [0.5, 0.6) is 0 Å². The average molecular weight is 290 g/mol. The molecule has 1 N–H and O–H groups in total. The van der Waals surface area contributed by atoms with E-state index in [0.29, 0.717) is 0 Å². The highest BCUT2D eigenvalue weighted by molar-refractivity contribution is 7.11. The molecule has 0 spiro atoms. The molecule has 2 aromatic heterocycles. The van der Waals surface area contributed by atoms with Gasteiger partial charge in [0.15, 0.2) is 5.82 Å². The van der Waals surface area contributed by atoms with Gasteiger partial charge in [-0.15, -0.1) is 11.3 Å². The van der Waals surface area contributed by atoms with Gasteiger partial charge in [0.25, 0.3) is 0 Å². The number of aromatic nitrogens is 2. The molecule has 0 radical (unpaired) electrons. The van der Waals surface area contributed by atoms with Crippen molar-refractivity contribution in [2.24, 2.45) is 0 Å². The van der Waals surface area contributed by atoms with Crippen LogP contribution in [-0.2, 0) is 12.0 Å². The predicted octanol–water partition coefficient (Wildman–Crippen LogP) is 3.51. The molecule has 4 nitrogen and oxygen atoms in total. The highest BCUT2D eigenvalue weighted by atomic mass is 32.1. The minimum absolute atomic E-state index is 0.117. The molecular weight excluding hydrogens is 268 g/mol. The summed E-state index contributed by atoms with van der Waals surface area (Å²) in [6, 6.07) is 4.00. The second-order valence-corrected chi connectivity index (χ2v) is 7.12. The molecule has 0 saturated heterocycles. The fourth-order valence-corrected chi connectivity index (χ4v) is 2.72. The van der Waals surface area contributed by atoms with E-state index in [1.807, 2.05) is 43.5 Å². The van der Waals surface area contributed by atoms with E-state index in [1.165, 1.54) is 9.88 Å². The van der Waals surface area contributed by atoms with Gasteiger partial charge >= 0.3 is 0 Å². The first-order valence-electron chi connectivity index (χ1n) is 6.69. The third-order valence-corrected chi connectivity index (χ3v) is 4.28. The molecule has 2 aromatic rings. The van der Waals surface area contributed by atoms with Crippen molar-refractivity contribution in [2.45, 2.75) is 32.7 Å². The van der Waals surface area contributed by atoms with Crippen LogP contribution < -0.4 is 10.2 Å². The summed E-state index contributed by atoms with van der Waals surface area (Å²) in [4.78, 5) is 12.1. The molecule has 0 bridgehead atoms. The number of thiazole rings is 1. The number of rotatable bonds is 4. The Labute approximate surface area is 124 Å². The van der Waals surface area contributed by atoms with Crippen LogP contribution in [0, 0.1) is 0 Å². The summed E-state index contributed by atoms with van der Waals surface area (Å²) in [6.45, 7) is 7.34. The molecule has 0 aliphatic carbocycles. The van der Waals surface area contributed by atoms with Crippen LogP contribution in [0.2, 0.25) is 0 Å². The van der Waals surface area contributed by atoms with Crippen LogP contribution in [0.15, 0.2) is 24.5 Å². The van der Waals surface area contributed by atoms with E-state index in [1.54, 1.807) is 11.3 Å². The molecule has 2 heterocycles. The Kier molecular flexibility index (Phi) is 4.28. The average Bonchev–Trinajstić information content (AvgIpc) is 2.85. The summed E-state index contributed by atoms with van der Waals surface area (Å²) in [5.74, 6) is 0.952. The fourth-order valence-electron chi connectivity index (χ4n) is 1.81. The maximum Gasteiger partial charge on any atom is 0.151 e. The Morgan fingerprint density at radius 3 is 2.60 bits per heavy atom. The van der Waals surface area contributed by atoms with E-state index in [0.717, 1.165) is 18.1 Å². The minimum atomic E-state index is 0.117. The molecule has 0 aromatic carbocycles. The van der Waals surface area contributed by atoms with Gasteiger partial charge in [-0.05, 0) is 12.1 Å². The Balaban J connectivity index is 2.08. The van der Waals surface area contributed by atoms with Crippen molar-refractivity contribution in [1.29, 1.82) is 0 Å². The van der Waals surface area contributed by atoms with Crippen LogP contribution in [0.3, 0.4) is 0 Å².